The summed E-state index contributed by atoms with van der Waals surface area (Å²) in [6.07, 6.45) is 3.83. The van der Waals surface area contributed by atoms with Gasteiger partial charge in [0.15, 0.2) is 5.82 Å². The van der Waals surface area contributed by atoms with E-state index in [0.717, 1.165) is 22.4 Å². The van der Waals surface area contributed by atoms with Gasteiger partial charge in [0.1, 0.15) is 6.20 Å². The highest BCUT2D eigenvalue weighted by Gasteiger charge is 2.34. The maximum absolute atomic E-state index is 11.8. The number of ether oxygens (including phenoxy) is 1. The molecule has 0 aliphatic carbocycles. The van der Waals surface area contributed by atoms with E-state index in [1.54, 1.807) is 5.01 Å². The average molecular weight is 462 g/mol. The number of hydrazone groups is 1. The summed E-state index contributed by atoms with van der Waals surface area (Å²) in [6, 6.07) is 17.4. The van der Waals surface area contributed by atoms with Crippen molar-refractivity contribution < 1.29 is 9.66 Å². The highest BCUT2D eigenvalue weighted by molar-refractivity contribution is 6.30. The molecule has 2 aromatic carbocycles. The van der Waals surface area contributed by atoms with E-state index in [9.17, 15) is 10.1 Å². The van der Waals surface area contributed by atoms with Gasteiger partial charge in [-0.25, -0.2) is 15.0 Å². The largest absolute Gasteiger partial charge is 0.377 e. The average Bonchev–Trinajstić information content (AvgIpc) is 3.30. The molecular weight excluding hydrogens is 442 g/mol. The molecule has 1 aromatic heterocycles. The summed E-state index contributed by atoms with van der Waals surface area (Å²) < 4.78 is 5.37. The van der Waals surface area contributed by atoms with Crippen molar-refractivity contribution in [1.82, 2.24) is 9.97 Å². The summed E-state index contributed by atoms with van der Waals surface area (Å²) in [5.74, 6) is 0.556. The zero-order valence-electron chi connectivity index (χ0n) is 17.6. The van der Waals surface area contributed by atoms with Crippen LogP contribution in [0.25, 0.3) is 5.57 Å². The number of benzene rings is 2. The van der Waals surface area contributed by atoms with Crippen LogP contribution in [-0.4, -0.2) is 40.4 Å². The van der Waals surface area contributed by atoms with E-state index in [1.165, 1.54) is 6.20 Å². The molecule has 33 heavy (non-hydrogen) atoms. The van der Waals surface area contributed by atoms with Gasteiger partial charge in [-0.05, 0) is 35.3 Å². The van der Waals surface area contributed by atoms with Crippen LogP contribution in [0.3, 0.4) is 0 Å². The van der Waals surface area contributed by atoms with Crippen molar-refractivity contribution in [3.63, 3.8) is 0 Å². The zero-order chi connectivity index (χ0) is 22.8. The minimum atomic E-state index is -0.467. The van der Waals surface area contributed by atoms with E-state index in [0.29, 0.717) is 37.0 Å². The second-order valence-electron chi connectivity index (χ2n) is 7.75. The lowest BCUT2D eigenvalue weighted by molar-refractivity contribution is -0.384. The molecule has 8 nitrogen and oxygen atoms in total. The van der Waals surface area contributed by atoms with Gasteiger partial charge < -0.3 is 4.74 Å². The van der Waals surface area contributed by atoms with Crippen molar-refractivity contribution in [1.29, 1.82) is 0 Å². The van der Waals surface area contributed by atoms with Gasteiger partial charge in [0.25, 0.3) is 0 Å². The molecule has 2 aliphatic heterocycles. The Bertz CT molecular complexity index is 1240. The summed E-state index contributed by atoms with van der Waals surface area (Å²) in [7, 11) is 0. The highest BCUT2D eigenvalue weighted by atomic mass is 35.5. The molecule has 1 unspecified atom stereocenters. The van der Waals surface area contributed by atoms with Crippen LogP contribution in [0.2, 0.25) is 5.02 Å². The quantitative estimate of drug-likeness (QED) is 0.398. The molecule has 0 saturated carbocycles. The maximum Gasteiger partial charge on any atom is 0.331 e. The predicted molar refractivity (Wildman–Crippen MR) is 127 cm³/mol. The zero-order valence-corrected chi connectivity index (χ0v) is 18.4. The van der Waals surface area contributed by atoms with Crippen LogP contribution >= 0.6 is 11.6 Å². The van der Waals surface area contributed by atoms with Gasteiger partial charge in [0.05, 0.1) is 30.4 Å². The molecule has 0 fully saturated rings. The Morgan fingerprint density at radius 2 is 1.91 bits per heavy atom. The molecule has 0 bridgehead atoms. The molecule has 1 atom stereocenters. The lowest BCUT2D eigenvalue weighted by Gasteiger charge is -2.17. The maximum atomic E-state index is 11.8. The lowest BCUT2D eigenvalue weighted by atomic mass is 9.91. The van der Waals surface area contributed by atoms with E-state index in [-0.39, 0.29) is 17.4 Å². The molecule has 0 saturated heterocycles. The van der Waals surface area contributed by atoms with Crippen molar-refractivity contribution in [2.45, 2.75) is 12.3 Å². The summed E-state index contributed by atoms with van der Waals surface area (Å²) >= 11 is 6.09. The lowest BCUT2D eigenvalue weighted by Crippen LogP contribution is -2.21. The Morgan fingerprint density at radius 3 is 2.61 bits per heavy atom. The molecule has 166 valence electrons. The molecule has 0 N–H and O–H groups in total. The molecule has 3 heterocycles. The van der Waals surface area contributed by atoms with Gasteiger partial charge in [-0.1, -0.05) is 60.1 Å². The van der Waals surface area contributed by atoms with E-state index in [4.69, 9.17) is 21.4 Å². The van der Waals surface area contributed by atoms with Crippen LogP contribution in [0.1, 0.15) is 29.3 Å². The SMILES string of the molecule is O=[N+]([O-])c1cnc(C2=CCOCC2)nc1N1CC(c2ccccc2)C(c2ccc(Cl)cc2)=N1. The number of anilines is 1. The van der Waals surface area contributed by atoms with Crippen molar-refractivity contribution in [3.8, 4) is 0 Å². The van der Waals surface area contributed by atoms with Gasteiger partial charge >= 0.3 is 5.69 Å². The molecule has 0 amide bonds. The molecular formula is C24H20ClN5O3. The summed E-state index contributed by atoms with van der Waals surface area (Å²) in [5, 5.41) is 18.9. The predicted octanol–water partition coefficient (Wildman–Crippen LogP) is 4.85. The first-order chi connectivity index (χ1) is 16.1. The van der Waals surface area contributed by atoms with Gasteiger partial charge in [0, 0.05) is 10.9 Å². The molecule has 2 aliphatic rings. The summed E-state index contributed by atoms with van der Waals surface area (Å²) in [6.45, 7) is 1.46. The Morgan fingerprint density at radius 1 is 1.12 bits per heavy atom. The number of rotatable bonds is 5. The van der Waals surface area contributed by atoms with Gasteiger partial charge in [-0.3, -0.25) is 10.1 Å². The first kappa shape index (κ1) is 21.2. The number of nitro groups is 1. The van der Waals surface area contributed by atoms with Crippen LogP contribution in [-0.2, 0) is 4.74 Å². The minimum Gasteiger partial charge on any atom is -0.377 e. The van der Waals surface area contributed by atoms with E-state index in [1.807, 2.05) is 60.7 Å². The molecule has 9 heteroatoms. The third kappa shape index (κ3) is 4.35. The fraction of sp³-hybridized carbons (Fsp3) is 0.208. The second-order valence-corrected chi connectivity index (χ2v) is 8.19. The van der Waals surface area contributed by atoms with Crippen molar-refractivity contribution in [2.75, 3.05) is 24.8 Å². The molecule has 5 rings (SSSR count). The topological polar surface area (TPSA) is 93.8 Å². The Labute approximate surface area is 195 Å². The molecule has 3 aromatic rings. The standard InChI is InChI=1S/C24H20ClN5O3/c25-19-8-6-17(7-9-19)22-20(16-4-2-1-3-5-16)15-29(28-22)24-21(30(31)32)14-26-23(27-24)18-10-12-33-13-11-18/h1-10,14,20H,11-13,15H2. The molecule has 0 spiro atoms. The van der Waals surface area contributed by atoms with Crippen LogP contribution in [0.5, 0.6) is 0 Å². The smallest absolute Gasteiger partial charge is 0.331 e. The number of nitrogens with zero attached hydrogens (tertiary/aromatic N) is 5. The third-order valence-electron chi connectivity index (χ3n) is 5.70. The normalized spacial score (nSPS) is 18.1. The number of hydrogen-bond acceptors (Lipinski definition) is 7. The molecule has 0 radical (unpaired) electrons. The summed E-state index contributed by atoms with van der Waals surface area (Å²) in [5.41, 5.74) is 3.51. The van der Waals surface area contributed by atoms with E-state index < -0.39 is 4.92 Å². The van der Waals surface area contributed by atoms with Crippen molar-refractivity contribution in [3.05, 3.63) is 99.0 Å². The van der Waals surface area contributed by atoms with Crippen LogP contribution in [0, 0.1) is 10.1 Å². The fourth-order valence-electron chi connectivity index (χ4n) is 4.03. The summed E-state index contributed by atoms with van der Waals surface area (Å²) in [4.78, 5) is 20.2. The van der Waals surface area contributed by atoms with Gasteiger partial charge in [0.2, 0.25) is 5.82 Å². The van der Waals surface area contributed by atoms with Crippen LogP contribution < -0.4 is 5.01 Å². The van der Waals surface area contributed by atoms with E-state index in [2.05, 4.69) is 9.97 Å². The minimum absolute atomic E-state index is 0.0901. The monoisotopic (exact) mass is 461 g/mol. The first-order valence-corrected chi connectivity index (χ1v) is 10.9. The van der Waals surface area contributed by atoms with E-state index >= 15 is 0 Å². The third-order valence-corrected chi connectivity index (χ3v) is 5.95. The van der Waals surface area contributed by atoms with Gasteiger partial charge in [-0.15, -0.1) is 0 Å². The fourth-order valence-corrected chi connectivity index (χ4v) is 4.16. The number of halogens is 1. The van der Waals surface area contributed by atoms with Crippen LogP contribution in [0.4, 0.5) is 11.5 Å². The number of hydrogen-bond donors (Lipinski definition) is 0. The second kappa shape index (κ2) is 9.09. The first-order valence-electron chi connectivity index (χ1n) is 10.6. The van der Waals surface area contributed by atoms with Crippen molar-refractivity contribution >= 4 is 34.4 Å². The number of aromatic nitrogens is 2. The highest BCUT2D eigenvalue weighted by Crippen LogP contribution is 2.36. The van der Waals surface area contributed by atoms with Crippen LogP contribution in [0.15, 0.2) is 72.0 Å². The van der Waals surface area contributed by atoms with Gasteiger partial charge in [-0.2, -0.15) is 5.10 Å². The Hall–Kier alpha value is -3.62. The Balaban J connectivity index is 1.60. The Kier molecular flexibility index (Phi) is 5.85. The van der Waals surface area contributed by atoms with Crippen molar-refractivity contribution in [2.24, 2.45) is 5.10 Å².